The van der Waals surface area contributed by atoms with Crippen molar-refractivity contribution in [1.29, 1.82) is 5.26 Å². The van der Waals surface area contributed by atoms with E-state index in [0.717, 1.165) is 24.6 Å². The minimum absolute atomic E-state index is 0.0394. The molecule has 4 rings (SSSR count). The van der Waals surface area contributed by atoms with E-state index in [1.807, 2.05) is 34.6 Å². The fourth-order valence-electron chi connectivity index (χ4n) is 5.00. The fraction of sp³-hybridized carbons (Fsp3) is 0.667. The van der Waals surface area contributed by atoms with E-state index in [-0.39, 0.29) is 35.6 Å². The average Bonchev–Trinajstić information content (AvgIpc) is 3.51. The summed E-state index contributed by atoms with van der Waals surface area (Å²) in [6.07, 6.45) is 0.532. The lowest BCUT2D eigenvalue weighted by Gasteiger charge is -2.33. The van der Waals surface area contributed by atoms with Gasteiger partial charge in [-0.15, -0.1) is 0 Å². The molecular formula is C27H38N5O8PS. The molecule has 0 saturated carbocycles. The first-order chi connectivity index (χ1) is 19.9. The van der Waals surface area contributed by atoms with Gasteiger partial charge in [0.05, 0.1) is 24.8 Å². The predicted octanol–water partition coefficient (Wildman–Crippen LogP) is 4.40. The highest BCUT2D eigenvalue weighted by Crippen LogP contribution is 2.58. The maximum Gasteiger partial charge on any atom is 0.475 e. The molecule has 0 radical (unpaired) electrons. The molecule has 0 aromatic carbocycles. The topological polar surface area (TPSA) is 177 Å². The highest BCUT2D eigenvalue weighted by atomic mass is 32.2. The average molecular weight is 624 g/mol. The van der Waals surface area contributed by atoms with Crippen LogP contribution in [-0.4, -0.2) is 63.0 Å². The SMILES string of the molecule is CCCC(CCC)C(=O)O[C@@H]1[C@@H]2O[P@](=O)(OCCSC(=O)C(C)(C)C)OC[C@H]2O[C@@]1(C#N)c1ccc2c(N)ncnn12. The van der Waals surface area contributed by atoms with Crippen LogP contribution in [0.2, 0.25) is 0 Å². The molecule has 2 aliphatic rings. The number of phosphoric ester groups is 1. The summed E-state index contributed by atoms with van der Waals surface area (Å²) in [4.78, 5) is 29.7. The molecule has 2 aromatic heterocycles. The Balaban J connectivity index is 1.64. The number of thioether (sulfide) groups is 1. The van der Waals surface area contributed by atoms with Crippen LogP contribution in [0.1, 0.15) is 66.0 Å². The zero-order valence-electron chi connectivity index (χ0n) is 24.5. The minimum atomic E-state index is -4.17. The molecular weight excluding hydrogens is 585 g/mol. The van der Waals surface area contributed by atoms with E-state index >= 15 is 0 Å². The van der Waals surface area contributed by atoms with Gasteiger partial charge in [0.1, 0.15) is 30.1 Å². The number of nitrogens with two attached hydrogens (primary N) is 1. The van der Waals surface area contributed by atoms with Gasteiger partial charge in [0.15, 0.2) is 17.0 Å². The monoisotopic (exact) mass is 623 g/mol. The molecule has 2 aromatic rings. The van der Waals surface area contributed by atoms with Crippen LogP contribution in [0.25, 0.3) is 5.52 Å². The molecule has 2 saturated heterocycles. The summed E-state index contributed by atoms with van der Waals surface area (Å²) in [5.74, 6) is -0.506. The maximum atomic E-state index is 13.5. The number of phosphoric acid groups is 1. The molecule has 2 aliphatic heterocycles. The third-order valence-electron chi connectivity index (χ3n) is 7.11. The number of nitrogen functional groups attached to an aromatic ring is 1. The van der Waals surface area contributed by atoms with Gasteiger partial charge in [0.25, 0.3) is 0 Å². The van der Waals surface area contributed by atoms with Crippen molar-refractivity contribution in [2.45, 2.75) is 84.2 Å². The molecule has 2 N–H and O–H groups in total. The van der Waals surface area contributed by atoms with E-state index in [1.165, 1.54) is 10.8 Å². The largest absolute Gasteiger partial charge is 0.475 e. The van der Waals surface area contributed by atoms with Crippen molar-refractivity contribution in [2.24, 2.45) is 11.3 Å². The van der Waals surface area contributed by atoms with Crippen molar-refractivity contribution in [3.63, 3.8) is 0 Å². The number of nitrogens with zero attached hydrogens (tertiary/aromatic N) is 4. The van der Waals surface area contributed by atoms with E-state index in [9.17, 15) is 19.4 Å². The summed E-state index contributed by atoms with van der Waals surface area (Å²) >= 11 is 1.06. The van der Waals surface area contributed by atoms with Crippen LogP contribution >= 0.6 is 19.6 Å². The highest BCUT2D eigenvalue weighted by molar-refractivity contribution is 8.13. The summed E-state index contributed by atoms with van der Waals surface area (Å²) in [6.45, 7) is 9.03. The molecule has 15 heteroatoms. The molecule has 0 aliphatic carbocycles. The smallest absolute Gasteiger partial charge is 0.454 e. The molecule has 5 atom stereocenters. The van der Waals surface area contributed by atoms with Crippen LogP contribution < -0.4 is 5.73 Å². The van der Waals surface area contributed by atoms with E-state index < -0.39 is 49.0 Å². The molecule has 0 amide bonds. The van der Waals surface area contributed by atoms with Gasteiger partial charge in [-0.1, -0.05) is 59.2 Å². The van der Waals surface area contributed by atoms with Gasteiger partial charge in [-0.2, -0.15) is 10.4 Å². The first-order valence-corrected chi connectivity index (χ1v) is 16.5. The molecule has 13 nitrogen and oxygen atoms in total. The third kappa shape index (κ3) is 6.51. The third-order valence-corrected chi connectivity index (χ3v) is 9.82. The van der Waals surface area contributed by atoms with Crippen molar-refractivity contribution < 1.29 is 37.2 Å². The van der Waals surface area contributed by atoms with Gasteiger partial charge in [0, 0.05) is 11.2 Å². The molecule has 0 bridgehead atoms. The number of ether oxygens (including phenoxy) is 2. The Morgan fingerprint density at radius 1 is 1.31 bits per heavy atom. The van der Waals surface area contributed by atoms with Crippen LogP contribution in [0, 0.1) is 22.7 Å². The van der Waals surface area contributed by atoms with Crippen molar-refractivity contribution in [3.8, 4) is 6.07 Å². The van der Waals surface area contributed by atoms with Gasteiger partial charge < -0.3 is 15.2 Å². The number of anilines is 1. The van der Waals surface area contributed by atoms with Gasteiger partial charge >= 0.3 is 13.8 Å². The van der Waals surface area contributed by atoms with E-state index in [2.05, 4.69) is 16.2 Å². The lowest BCUT2D eigenvalue weighted by Crippen LogP contribution is -2.47. The second kappa shape index (κ2) is 13.0. The normalized spacial score (nSPS) is 27.6. The first-order valence-electron chi connectivity index (χ1n) is 14.0. The fourth-order valence-corrected chi connectivity index (χ4v) is 7.29. The zero-order chi connectivity index (χ0) is 30.7. The summed E-state index contributed by atoms with van der Waals surface area (Å²) in [6, 6.07) is 5.41. The highest BCUT2D eigenvalue weighted by Gasteiger charge is 2.65. The molecule has 2 fully saturated rings. The Hall–Kier alpha value is -2.53. The molecule has 4 heterocycles. The Kier molecular flexibility index (Phi) is 10.0. The Morgan fingerprint density at radius 2 is 2.02 bits per heavy atom. The molecule has 0 unspecified atom stereocenters. The van der Waals surface area contributed by atoms with Crippen LogP contribution in [0.4, 0.5) is 5.82 Å². The number of nitriles is 1. The van der Waals surface area contributed by atoms with Gasteiger partial charge in [-0.25, -0.2) is 14.1 Å². The Bertz CT molecular complexity index is 1380. The van der Waals surface area contributed by atoms with Crippen LogP contribution in [0.5, 0.6) is 0 Å². The zero-order valence-corrected chi connectivity index (χ0v) is 26.2. The standard InChI is InChI=1S/C27H38N5O8PS/c1-6-8-17(9-7-2)24(33)38-22-21-19(14-37-41(35,40-21)36-12-13-42-25(34)26(3,4)5)39-27(22,15-28)20-11-10-18-23(29)30-16-31-32(18)20/h10-11,16-17,19,21-22H,6-9,12-14H2,1-5H3,(H2,29,30,31)/t19-,21-,22-,27+,41-/m1/s1. The lowest BCUT2D eigenvalue weighted by atomic mass is 9.91. The Morgan fingerprint density at radius 3 is 2.67 bits per heavy atom. The van der Waals surface area contributed by atoms with Crippen molar-refractivity contribution in [1.82, 2.24) is 14.6 Å². The quantitative estimate of drug-likeness (QED) is 0.212. The molecule has 230 valence electrons. The summed E-state index contributed by atoms with van der Waals surface area (Å²) < 4.78 is 44.1. The maximum absolute atomic E-state index is 13.5. The van der Waals surface area contributed by atoms with Gasteiger partial charge in [-0.3, -0.25) is 23.2 Å². The Labute approximate surface area is 249 Å². The van der Waals surface area contributed by atoms with E-state index in [4.69, 9.17) is 28.8 Å². The predicted molar refractivity (Wildman–Crippen MR) is 154 cm³/mol. The summed E-state index contributed by atoms with van der Waals surface area (Å²) in [7, 11) is -4.17. The number of fused-ring (bicyclic) bond motifs is 2. The van der Waals surface area contributed by atoms with Crippen LogP contribution in [0.15, 0.2) is 18.5 Å². The van der Waals surface area contributed by atoms with Crippen molar-refractivity contribution in [2.75, 3.05) is 24.7 Å². The van der Waals surface area contributed by atoms with Gasteiger partial charge in [-0.05, 0) is 25.0 Å². The van der Waals surface area contributed by atoms with E-state index in [0.29, 0.717) is 18.4 Å². The van der Waals surface area contributed by atoms with Crippen LogP contribution in [-0.2, 0) is 42.8 Å². The van der Waals surface area contributed by atoms with Crippen LogP contribution in [0.3, 0.4) is 0 Å². The number of aromatic nitrogens is 3. The molecule has 42 heavy (non-hydrogen) atoms. The molecule has 0 spiro atoms. The number of esters is 1. The van der Waals surface area contributed by atoms with Crippen molar-refractivity contribution in [3.05, 3.63) is 24.2 Å². The van der Waals surface area contributed by atoms with Crippen molar-refractivity contribution >= 4 is 42.0 Å². The summed E-state index contributed by atoms with van der Waals surface area (Å²) in [5, 5.41) is 14.8. The number of carbonyl (C=O) groups excluding carboxylic acids is 2. The van der Waals surface area contributed by atoms with Gasteiger partial charge in [0.2, 0.25) is 5.60 Å². The lowest BCUT2D eigenvalue weighted by molar-refractivity contribution is -0.165. The number of carbonyl (C=O) groups is 2. The number of rotatable bonds is 11. The van der Waals surface area contributed by atoms with E-state index in [1.54, 1.807) is 12.1 Å². The minimum Gasteiger partial charge on any atom is -0.454 e. The second-order valence-corrected chi connectivity index (χ2v) is 14.0. The summed E-state index contributed by atoms with van der Waals surface area (Å²) in [5.41, 5.74) is 4.24. The number of hydrogen-bond donors (Lipinski definition) is 1. The second-order valence-electron chi connectivity index (χ2n) is 11.3. The number of hydrogen-bond acceptors (Lipinski definition) is 13. The first kappa shape index (κ1) is 32.4.